The molecule has 24 heavy (non-hydrogen) atoms. The quantitative estimate of drug-likeness (QED) is 0.640. The highest BCUT2D eigenvalue weighted by Crippen LogP contribution is 2.30. The van der Waals surface area contributed by atoms with E-state index in [4.69, 9.17) is 14.2 Å². The van der Waals surface area contributed by atoms with Crippen LogP contribution < -0.4 is 14.2 Å². The van der Waals surface area contributed by atoms with Crippen LogP contribution in [0.4, 0.5) is 0 Å². The number of thiazole rings is 1. The summed E-state index contributed by atoms with van der Waals surface area (Å²) in [4.78, 5) is 4.62. The lowest BCUT2D eigenvalue weighted by atomic mass is 10.2. The molecule has 3 rings (SSSR count). The zero-order valence-corrected chi connectivity index (χ0v) is 14.7. The average Bonchev–Trinajstić information content (AvgIpc) is 3.02. The molecule has 0 aliphatic heterocycles. The molecule has 0 saturated carbocycles. The summed E-state index contributed by atoms with van der Waals surface area (Å²) in [6.07, 6.45) is 4.03. The van der Waals surface area contributed by atoms with Crippen LogP contribution in [0.3, 0.4) is 0 Å². The maximum absolute atomic E-state index is 5.61. The lowest BCUT2D eigenvalue weighted by Gasteiger charge is -2.09. The molecule has 0 radical (unpaired) electrons. The highest BCUT2D eigenvalue weighted by Gasteiger charge is 2.05. The predicted molar refractivity (Wildman–Crippen MR) is 99.3 cm³/mol. The minimum absolute atomic E-state index is 0.600. The number of hydrogen-bond acceptors (Lipinski definition) is 5. The molecule has 0 aliphatic carbocycles. The van der Waals surface area contributed by atoms with Crippen molar-refractivity contribution >= 4 is 33.7 Å². The predicted octanol–water partition coefficient (Wildman–Crippen LogP) is 4.88. The van der Waals surface area contributed by atoms with E-state index in [1.807, 2.05) is 55.5 Å². The minimum atomic E-state index is 0.600. The summed E-state index contributed by atoms with van der Waals surface area (Å²) < 4.78 is 17.3. The molecule has 0 bridgehead atoms. The maximum atomic E-state index is 5.61. The van der Waals surface area contributed by atoms with Gasteiger partial charge in [0.1, 0.15) is 10.8 Å². The van der Waals surface area contributed by atoms with Crippen molar-refractivity contribution in [1.82, 2.24) is 4.98 Å². The van der Waals surface area contributed by atoms with Crippen LogP contribution in [-0.4, -0.2) is 25.8 Å². The zero-order valence-electron chi connectivity index (χ0n) is 13.9. The number of aromatic nitrogens is 1. The van der Waals surface area contributed by atoms with Crippen molar-refractivity contribution in [1.29, 1.82) is 0 Å². The lowest BCUT2D eigenvalue weighted by Crippen LogP contribution is -1.95. The van der Waals surface area contributed by atoms with Gasteiger partial charge in [0.2, 0.25) is 0 Å². The fourth-order valence-corrected chi connectivity index (χ4v) is 3.25. The normalized spacial score (nSPS) is 11.1. The molecule has 0 amide bonds. The Kier molecular flexibility index (Phi) is 5.01. The summed E-state index contributed by atoms with van der Waals surface area (Å²) in [6, 6.07) is 11.8. The molecule has 4 nitrogen and oxygen atoms in total. The van der Waals surface area contributed by atoms with E-state index < -0.39 is 0 Å². The third kappa shape index (κ3) is 3.51. The summed E-state index contributed by atoms with van der Waals surface area (Å²) in [5.74, 6) is 2.33. The van der Waals surface area contributed by atoms with E-state index in [2.05, 4.69) is 4.98 Å². The van der Waals surface area contributed by atoms with Crippen LogP contribution in [0.15, 0.2) is 36.4 Å². The van der Waals surface area contributed by atoms with Crippen LogP contribution >= 0.6 is 11.3 Å². The molecule has 5 heteroatoms. The van der Waals surface area contributed by atoms with Crippen LogP contribution in [0.5, 0.6) is 17.2 Å². The molecule has 1 aromatic heterocycles. The van der Waals surface area contributed by atoms with Crippen molar-refractivity contribution in [2.24, 2.45) is 0 Å². The Balaban J connectivity index is 1.86. The number of rotatable bonds is 6. The Hall–Kier alpha value is -2.53. The molecular formula is C19H19NO3S. The van der Waals surface area contributed by atoms with Crippen LogP contribution in [0.25, 0.3) is 22.4 Å². The van der Waals surface area contributed by atoms with Crippen molar-refractivity contribution in [3.63, 3.8) is 0 Å². The number of fused-ring (bicyclic) bond motifs is 1. The first-order valence-electron chi connectivity index (χ1n) is 7.67. The topological polar surface area (TPSA) is 40.6 Å². The smallest absolute Gasteiger partial charge is 0.161 e. The van der Waals surface area contributed by atoms with Gasteiger partial charge in [-0.3, -0.25) is 0 Å². The molecule has 0 atom stereocenters. The Labute approximate surface area is 145 Å². The fourth-order valence-electron chi connectivity index (χ4n) is 2.35. The van der Waals surface area contributed by atoms with Gasteiger partial charge in [0.15, 0.2) is 11.5 Å². The van der Waals surface area contributed by atoms with Gasteiger partial charge in [-0.1, -0.05) is 12.1 Å². The Morgan fingerprint density at radius 1 is 1.00 bits per heavy atom. The summed E-state index contributed by atoms with van der Waals surface area (Å²) in [7, 11) is 3.31. The zero-order chi connectivity index (χ0) is 16.9. The van der Waals surface area contributed by atoms with Gasteiger partial charge in [0.05, 0.1) is 31.0 Å². The van der Waals surface area contributed by atoms with Gasteiger partial charge in [-0.05, 0) is 48.9 Å². The summed E-state index contributed by atoms with van der Waals surface area (Å²) >= 11 is 1.63. The van der Waals surface area contributed by atoms with Gasteiger partial charge in [0.25, 0.3) is 0 Å². The van der Waals surface area contributed by atoms with E-state index in [1.54, 1.807) is 25.6 Å². The van der Waals surface area contributed by atoms with E-state index in [1.165, 1.54) is 0 Å². The van der Waals surface area contributed by atoms with Crippen molar-refractivity contribution in [3.8, 4) is 17.2 Å². The standard InChI is InChI=1S/C19H19NO3S/c1-4-23-17-11-13(5-9-16(17)22-3)6-10-19-20-15-8-7-14(21-2)12-18(15)24-19/h5-12H,4H2,1-3H3. The second-order valence-corrected chi connectivity index (χ2v) is 6.12. The SMILES string of the molecule is CCOc1cc(C=Cc2nc3ccc(OC)cc3s2)ccc1OC. The van der Waals surface area contributed by atoms with Gasteiger partial charge >= 0.3 is 0 Å². The molecule has 0 unspecified atom stereocenters. The lowest BCUT2D eigenvalue weighted by molar-refractivity contribution is 0.311. The molecule has 0 N–H and O–H groups in total. The maximum Gasteiger partial charge on any atom is 0.161 e. The average molecular weight is 341 g/mol. The molecule has 0 saturated heterocycles. The number of hydrogen-bond donors (Lipinski definition) is 0. The first-order chi connectivity index (χ1) is 11.7. The molecule has 1 heterocycles. The van der Waals surface area contributed by atoms with Gasteiger partial charge in [0, 0.05) is 0 Å². The first kappa shape index (κ1) is 16.3. The Morgan fingerprint density at radius 2 is 1.88 bits per heavy atom. The van der Waals surface area contributed by atoms with E-state index in [0.29, 0.717) is 6.61 Å². The van der Waals surface area contributed by atoms with E-state index >= 15 is 0 Å². The van der Waals surface area contributed by atoms with Gasteiger partial charge in [-0.15, -0.1) is 11.3 Å². The number of nitrogens with zero attached hydrogens (tertiary/aromatic N) is 1. The van der Waals surface area contributed by atoms with Crippen molar-refractivity contribution in [2.45, 2.75) is 6.92 Å². The first-order valence-corrected chi connectivity index (χ1v) is 8.48. The van der Waals surface area contributed by atoms with Gasteiger partial charge in [-0.2, -0.15) is 0 Å². The number of methoxy groups -OCH3 is 2. The molecule has 0 spiro atoms. The van der Waals surface area contributed by atoms with Crippen LogP contribution in [0.2, 0.25) is 0 Å². The Bertz CT molecular complexity index is 870. The van der Waals surface area contributed by atoms with Crippen molar-refractivity contribution < 1.29 is 14.2 Å². The van der Waals surface area contributed by atoms with Gasteiger partial charge < -0.3 is 14.2 Å². The van der Waals surface area contributed by atoms with E-state index in [0.717, 1.165) is 38.0 Å². The molecule has 0 fully saturated rings. The largest absolute Gasteiger partial charge is 0.497 e. The van der Waals surface area contributed by atoms with Crippen molar-refractivity contribution in [2.75, 3.05) is 20.8 Å². The molecule has 124 valence electrons. The molecule has 2 aromatic carbocycles. The summed E-state index contributed by atoms with van der Waals surface area (Å²) in [5, 5.41) is 0.951. The van der Waals surface area contributed by atoms with Crippen molar-refractivity contribution in [3.05, 3.63) is 47.0 Å². The van der Waals surface area contributed by atoms with Crippen LogP contribution in [-0.2, 0) is 0 Å². The Morgan fingerprint density at radius 3 is 2.62 bits per heavy atom. The minimum Gasteiger partial charge on any atom is -0.497 e. The summed E-state index contributed by atoms with van der Waals surface area (Å²) in [6.45, 7) is 2.56. The fraction of sp³-hybridized carbons (Fsp3) is 0.211. The highest BCUT2D eigenvalue weighted by molar-refractivity contribution is 7.19. The second kappa shape index (κ2) is 7.36. The monoisotopic (exact) mass is 341 g/mol. The third-order valence-electron chi connectivity index (χ3n) is 3.52. The van der Waals surface area contributed by atoms with Gasteiger partial charge in [-0.25, -0.2) is 4.98 Å². The second-order valence-electron chi connectivity index (χ2n) is 5.06. The van der Waals surface area contributed by atoms with Crippen LogP contribution in [0.1, 0.15) is 17.5 Å². The molecular weight excluding hydrogens is 322 g/mol. The number of ether oxygens (including phenoxy) is 3. The molecule has 0 aliphatic rings. The molecule has 3 aromatic rings. The number of benzene rings is 2. The van der Waals surface area contributed by atoms with E-state index in [9.17, 15) is 0 Å². The van der Waals surface area contributed by atoms with E-state index in [-0.39, 0.29) is 0 Å². The highest BCUT2D eigenvalue weighted by atomic mass is 32.1. The van der Waals surface area contributed by atoms with Crippen LogP contribution in [0, 0.1) is 0 Å². The summed E-state index contributed by atoms with van der Waals surface area (Å²) in [5.41, 5.74) is 2.02. The third-order valence-corrected chi connectivity index (χ3v) is 4.50.